The van der Waals surface area contributed by atoms with Gasteiger partial charge in [0.05, 0.1) is 6.10 Å². The molecular weight excluding hydrogens is 258 g/mol. The van der Waals surface area contributed by atoms with Crippen LogP contribution in [0.25, 0.3) is 0 Å². The van der Waals surface area contributed by atoms with E-state index in [1.165, 1.54) is 43.2 Å². The van der Waals surface area contributed by atoms with Gasteiger partial charge in [-0.1, -0.05) is 38.0 Å². The third-order valence-corrected chi connectivity index (χ3v) is 4.98. The number of nitrogens with zero attached hydrogens (tertiary/aromatic N) is 1. The molecule has 1 heterocycles. The molecule has 2 nitrogen and oxygen atoms in total. The Hall–Kier alpha value is -0.860. The smallest absolute Gasteiger partial charge is 0.0917 e. The summed E-state index contributed by atoms with van der Waals surface area (Å²) in [7, 11) is 0. The van der Waals surface area contributed by atoms with Gasteiger partial charge in [0.1, 0.15) is 0 Å². The highest BCUT2D eigenvalue weighted by molar-refractivity contribution is 5.31. The van der Waals surface area contributed by atoms with E-state index in [2.05, 4.69) is 43.9 Å². The van der Waals surface area contributed by atoms with Gasteiger partial charge in [-0.05, 0) is 68.8 Å². The first-order valence-electron chi connectivity index (χ1n) is 8.57. The standard InChI is InChI=1S/C19H31NO/c1-4-6-17-7-5-11-20(12-10-17)14-19(21)18-9-8-15(2)16(3)13-18/h8-9,13,17,19,21H,4-7,10-12,14H2,1-3H3. The highest BCUT2D eigenvalue weighted by Gasteiger charge is 2.19. The number of aliphatic hydroxyl groups excluding tert-OH is 1. The van der Waals surface area contributed by atoms with Crippen LogP contribution >= 0.6 is 0 Å². The molecule has 118 valence electrons. The van der Waals surface area contributed by atoms with Crippen molar-refractivity contribution < 1.29 is 5.11 Å². The fraction of sp³-hybridized carbons (Fsp3) is 0.684. The van der Waals surface area contributed by atoms with Gasteiger partial charge in [-0.3, -0.25) is 0 Å². The molecule has 0 spiro atoms. The van der Waals surface area contributed by atoms with Gasteiger partial charge >= 0.3 is 0 Å². The van der Waals surface area contributed by atoms with Gasteiger partial charge in [-0.15, -0.1) is 0 Å². The monoisotopic (exact) mass is 289 g/mol. The third kappa shape index (κ3) is 4.82. The van der Waals surface area contributed by atoms with Gasteiger partial charge in [0.25, 0.3) is 0 Å². The Morgan fingerprint density at radius 1 is 1.19 bits per heavy atom. The van der Waals surface area contributed by atoms with E-state index in [-0.39, 0.29) is 6.10 Å². The second-order valence-electron chi connectivity index (χ2n) is 6.75. The molecule has 21 heavy (non-hydrogen) atoms. The van der Waals surface area contributed by atoms with Crippen molar-refractivity contribution in [1.82, 2.24) is 4.90 Å². The average Bonchev–Trinajstić information content (AvgIpc) is 2.68. The normalized spacial score (nSPS) is 22.0. The molecule has 0 bridgehead atoms. The molecule has 2 unspecified atom stereocenters. The van der Waals surface area contributed by atoms with Crippen molar-refractivity contribution in [2.45, 2.75) is 59.0 Å². The summed E-state index contributed by atoms with van der Waals surface area (Å²) in [6, 6.07) is 6.33. The largest absolute Gasteiger partial charge is 0.387 e. The minimum Gasteiger partial charge on any atom is -0.387 e. The lowest BCUT2D eigenvalue weighted by molar-refractivity contribution is 0.114. The molecule has 0 aliphatic carbocycles. The summed E-state index contributed by atoms with van der Waals surface area (Å²) in [4.78, 5) is 2.45. The topological polar surface area (TPSA) is 23.5 Å². The van der Waals surface area contributed by atoms with Crippen LogP contribution in [0.4, 0.5) is 0 Å². The minimum absolute atomic E-state index is 0.355. The van der Waals surface area contributed by atoms with Crippen LogP contribution < -0.4 is 0 Å². The zero-order valence-electron chi connectivity index (χ0n) is 13.9. The van der Waals surface area contributed by atoms with Gasteiger partial charge in [0.15, 0.2) is 0 Å². The fourth-order valence-electron chi connectivity index (χ4n) is 3.43. The summed E-state index contributed by atoms with van der Waals surface area (Å²) < 4.78 is 0. The van der Waals surface area contributed by atoms with Crippen molar-refractivity contribution in [3.05, 3.63) is 34.9 Å². The maximum atomic E-state index is 10.5. The molecule has 1 N–H and O–H groups in total. The summed E-state index contributed by atoms with van der Waals surface area (Å²) in [6.45, 7) is 9.59. The average molecular weight is 289 g/mol. The number of aliphatic hydroxyl groups is 1. The van der Waals surface area contributed by atoms with E-state index in [1.54, 1.807) is 0 Å². The van der Waals surface area contributed by atoms with Crippen molar-refractivity contribution in [3.63, 3.8) is 0 Å². The number of benzene rings is 1. The number of rotatable bonds is 5. The van der Waals surface area contributed by atoms with E-state index in [0.29, 0.717) is 0 Å². The number of aryl methyl sites for hydroxylation is 2. The highest BCUT2D eigenvalue weighted by Crippen LogP contribution is 2.24. The SMILES string of the molecule is CCCC1CCCN(CC(O)c2ccc(C)c(C)c2)CC1. The molecule has 0 radical (unpaired) electrons. The summed E-state index contributed by atoms with van der Waals surface area (Å²) in [5, 5.41) is 10.5. The van der Waals surface area contributed by atoms with Crippen LogP contribution in [0.2, 0.25) is 0 Å². The molecule has 1 aliphatic heterocycles. The molecule has 1 fully saturated rings. The van der Waals surface area contributed by atoms with Crippen LogP contribution in [-0.4, -0.2) is 29.6 Å². The van der Waals surface area contributed by atoms with E-state index < -0.39 is 0 Å². The number of hydrogen-bond acceptors (Lipinski definition) is 2. The van der Waals surface area contributed by atoms with Crippen LogP contribution in [0.15, 0.2) is 18.2 Å². The van der Waals surface area contributed by atoms with E-state index >= 15 is 0 Å². The van der Waals surface area contributed by atoms with E-state index in [1.807, 2.05) is 0 Å². The Kier molecular flexibility index (Phi) is 6.25. The van der Waals surface area contributed by atoms with Crippen molar-refractivity contribution >= 4 is 0 Å². The van der Waals surface area contributed by atoms with Gasteiger partial charge in [-0.25, -0.2) is 0 Å². The van der Waals surface area contributed by atoms with Gasteiger partial charge in [-0.2, -0.15) is 0 Å². The van der Waals surface area contributed by atoms with Crippen molar-refractivity contribution in [3.8, 4) is 0 Å². The number of β-amino-alcohol motifs (C(OH)–C–C–N with tert-alkyl or cyclic N) is 1. The first-order chi connectivity index (χ1) is 10.1. The predicted octanol–water partition coefficient (Wildman–Crippen LogP) is 4.24. The Balaban J connectivity index is 1.90. The molecule has 0 amide bonds. The molecule has 1 aromatic carbocycles. The Labute approximate surface area is 130 Å². The fourth-order valence-corrected chi connectivity index (χ4v) is 3.43. The highest BCUT2D eigenvalue weighted by atomic mass is 16.3. The second-order valence-corrected chi connectivity index (χ2v) is 6.75. The lowest BCUT2D eigenvalue weighted by atomic mass is 9.96. The molecule has 0 saturated carbocycles. The first kappa shape index (κ1) is 16.5. The lowest BCUT2D eigenvalue weighted by Gasteiger charge is -2.24. The summed E-state index contributed by atoms with van der Waals surface area (Å²) in [5.74, 6) is 0.902. The van der Waals surface area contributed by atoms with Crippen molar-refractivity contribution in [2.75, 3.05) is 19.6 Å². The molecule has 2 rings (SSSR count). The van der Waals surface area contributed by atoms with Crippen molar-refractivity contribution in [2.24, 2.45) is 5.92 Å². The maximum Gasteiger partial charge on any atom is 0.0917 e. The van der Waals surface area contributed by atoms with Gasteiger partial charge in [0.2, 0.25) is 0 Å². The summed E-state index contributed by atoms with van der Waals surface area (Å²) in [5.41, 5.74) is 3.63. The Morgan fingerprint density at radius 3 is 2.71 bits per heavy atom. The van der Waals surface area contributed by atoms with E-state index in [9.17, 15) is 5.11 Å². The zero-order valence-corrected chi connectivity index (χ0v) is 13.9. The number of hydrogen-bond donors (Lipinski definition) is 1. The maximum absolute atomic E-state index is 10.5. The number of likely N-dealkylation sites (tertiary alicyclic amines) is 1. The van der Waals surface area contributed by atoms with E-state index in [4.69, 9.17) is 0 Å². The van der Waals surface area contributed by atoms with Gasteiger partial charge in [0, 0.05) is 6.54 Å². The van der Waals surface area contributed by atoms with Gasteiger partial charge < -0.3 is 10.0 Å². The summed E-state index contributed by atoms with van der Waals surface area (Å²) in [6.07, 6.45) is 6.26. The molecule has 0 aromatic heterocycles. The Bertz CT molecular complexity index is 443. The van der Waals surface area contributed by atoms with Crippen LogP contribution in [0, 0.1) is 19.8 Å². The molecule has 1 aromatic rings. The van der Waals surface area contributed by atoms with Crippen molar-refractivity contribution in [1.29, 1.82) is 0 Å². The summed E-state index contributed by atoms with van der Waals surface area (Å²) >= 11 is 0. The van der Waals surface area contributed by atoms with Crippen LogP contribution in [0.5, 0.6) is 0 Å². The molecule has 2 heteroatoms. The Morgan fingerprint density at radius 2 is 2.00 bits per heavy atom. The van der Waals surface area contributed by atoms with Crippen LogP contribution in [0.3, 0.4) is 0 Å². The molecule has 1 saturated heterocycles. The van der Waals surface area contributed by atoms with Crippen LogP contribution in [-0.2, 0) is 0 Å². The van der Waals surface area contributed by atoms with Crippen LogP contribution in [0.1, 0.15) is 61.8 Å². The molecule has 1 aliphatic rings. The molecule has 2 atom stereocenters. The minimum atomic E-state index is -0.355. The second kappa shape index (κ2) is 7.95. The van der Waals surface area contributed by atoms with E-state index in [0.717, 1.165) is 31.1 Å². The first-order valence-corrected chi connectivity index (χ1v) is 8.57. The quantitative estimate of drug-likeness (QED) is 0.876. The zero-order chi connectivity index (χ0) is 15.2. The predicted molar refractivity (Wildman–Crippen MR) is 89.6 cm³/mol. The molecular formula is C19H31NO. The lowest BCUT2D eigenvalue weighted by Crippen LogP contribution is -2.29. The third-order valence-electron chi connectivity index (χ3n) is 4.98.